The Morgan fingerprint density at radius 1 is 0.930 bits per heavy atom. The van der Waals surface area contributed by atoms with Crippen LogP contribution in [0.1, 0.15) is 25.7 Å². The van der Waals surface area contributed by atoms with Gasteiger partial charge in [0.1, 0.15) is 17.2 Å². The van der Waals surface area contributed by atoms with Crippen molar-refractivity contribution in [2.45, 2.75) is 18.0 Å². The molecule has 10 nitrogen and oxygen atoms in total. The Bertz CT molecular complexity index is 1810. The Balaban J connectivity index is 0.000000441. The molecule has 0 aliphatic carbocycles. The molecule has 0 atom stereocenters. The summed E-state index contributed by atoms with van der Waals surface area (Å²) in [6, 6.07) is 16.8. The quantitative estimate of drug-likeness (QED) is 0.170. The molecule has 0 spiro atoms. The Labute approximate surface area is 253 Å². The fraction of sp³-hybridized carbons (Fsp3) is 0.107. The molecule has 0 aliphatic rings. The van der Waals surface area contributed by atoms with Gasteiger partial charge in [0.05, 0.1) is 15.5 Å². The maximum atomic E-state index is 13.0. The third-order valence-electron chi connectivity index (χ3n) is 5.27. The third-order valence-corrected chi connectivity index (χ3v) is 6.47. The normalized spacial score (nSPS) is 12.4. The van der Waals surface area contributed by atoms with Crippen molar-refractivity contribution in [1.29, 1.82) is 0 Å². The molecule has 3 aromatic carbocycles. The second-order valence-electron chi connectivity index (χ2n) is 8.52. The van der Waals surface area contributed by atoms with Gasteiger partial charge in [0.25, 0.3) is 16.0 Å². The molecule has 0 fully saturated rings. The lowest BCUT2D eigenvalue weighted by Gasteiger charge is -2.12. The van der Waals surface area contributed by atoms with E-state index in [-0.39, 0.29) is 22.0 Å². The van der Waals surface area contributed by atoms with Gasteiger partial charge in [-0.05, 0) is 67.6 Å². The number of aromatic nitrogens is 1. The highest BCUT2D eigenvalue weighted by atomic mass is 35.5. The first-order chi connectivity index (χ1) is 21.3. The Hall–Kier alpha value is -4.66. The van der Waals surface area contributed by atoms with E-state index in [0.717, 1.165) is 17.7 Å². The predicted molar refractivity (Wildman–Crippen MR) is 154 cm³/mol. The maximum absolute atomic E-state index is 13.0. The fourth-order valence-electron chi connectivity index (χ4n) is 3.23. The van der Waals surface area contributed by atoms with Crippen molar-refractivity contribution >= 4 is 45.0 Å². The van der Waals surface area contributed by atoms with Crippen molar-refractivity contribution in [3.8, 4) is 11.5 Å². The summed E-state index contributed by atoms with van der Waals surface area (Å²) < 4.78 is 95.3. The zero-order valence-corrected chi connectivity index (χ0v) is 23.5. The first-order valence-corrected chi connectivity index (χ1v) is 13.7. The van der Waals surface area contributed by atoms with Crippen LogP contribution in [0.4, 0.5) is 29.3 Å². The van der Waals surface area contributed by atoms with Crippen molar-refractivity contribution < 1.29 is 44.6 Å². The SMILES string of the molecule is Cc1ccc(S(=O)(=O)O)cc1.[2H]C([2H])([2H])NC(=O)c1cc(Oc2ccc(NC(=O)Nc3ccc(Cl)c(C(F)(F)F)c3)cc2)ccn1. The number of amides is 3. The number of halogens is 4. The minimum atomic E-state index is -4.67. The number of anilines is 2. The number of ether oxygens (including phenoxy) is 1. The van der Waals surface area contributed by atoms with E-state index in [9.17, 15) is 31.2 Å². The van der Waals surface area contributed by atoms with E-state index in [0.29, 0.717) is 11.4 Å². The van der Waals surface area contributed by atoms with E-state index in [2.05, 4.69) is 15.6 Å². The summed E-state index contributed by atoms with van der Waals surface area (Å²) in [5.74, 6) is -0.377. The van der Waals surface area contributed by atoms with E-state index >= 15 is 0 Å². The lowest BCUT2D eigenvalue weighted by atomic mass is 10.2. The fourth-order valence-corrected chi connectivity index (χ4v) is 3.93. The van der Waals surface area contributed by atoms with Gasteiger partial charge in [0, 0.05) is 34.7 Å². The largest absolute Gasteiger partial charge is 0.457 e. The van der Waals surface area contributed by atoms with Crippen LogP contribution in [0.15, 0.2) is 90.0 Å². The molecule has 0 radical (unpaired) electrons. The highest BCUT2D eigenvalue weighted by molar-refractivity contribution is 7.85. The summed E-state index contributed by atoms with van der Waals surface area (Å²) in [6.07, 6.45) is -3.40. The minimum Gasteiger partial charge on any atom is -0.457 e. The molecule has 1 aromatic heterocycles. The second kappa shape index (κ2) is 14.0. The van der Waals surface area contributed by atoms with Crippen molar-refractivity contribution in [3.05, 3.63) is 107 Å². The number of hydrogen-bond donors (Lipinski definition) is 4. The summed E-state index contributed by atoms with van der Waals surface area (Å²) in [5, 5.41) is 6.09. The second-order valence-corrected chi connectivity index (χ2v) is 10.3. The van der Waals surface area contributed by atoms with Crippen LogP contribution in [0.25, 0.3) is 0 Å². The van der Waals surface area contributed by atoms with Gasteiger partial charge in [-0.15, -0.1) is 0 Å². The van der Waals surface area contributed by atoms with Gasteiger partial charge in [-0.1, -0.05) is 29.3 Å². The third kappa shape index (κ3) is 9.99. The molecule has 0 bridgehead atoms. The van der Waals surface area contributed by atoms with Gasteiger partial charge < -0.3 is 20.7 Å². The molecular weight excluding hydrogens is 613 g/mol. The monoisotopic (exact) mass is 639 g/mol. The molecule has 226 valence electrons. The topological polar surface area (TPSA) is 147 Å². The molecule has 43 heavy (non-hydrogen) atoms. The van der Waals surface area contributed by atoms with Crippen LogP contribution in [0, 0.1) is 6.92 Å². The molecule has 4 rings (SSSR count). The van der Waals surface area contributed by atoms with Gasteiger partial charge >= 0.3 is 12.2 Å². The molecule has 0 saturated heterocycles. The lowest BCUT2D eigenvalue weighted by molar-refractivity contribution is -0.137. The highest BCUT2D eigenvalue weighted by Crippen LogP contribution is 2.36. The number of urea groups is 1. The molecule has 0 unspecified atom stereocenters. The van der Waals surface area contributed by atoms with E-state index in [4.69, 9.17) is 25.0 Å². The molecule has 0 saturated carbocycles. The van der Waals surface area contributed by atoms with E-state index in [1.54, 1.807) is 12.1 Å². The first kappa shape index (κ1) is 28.5. The summed E-state index contributed by atoms with van der Waals surface area (Å²) in [7, 11) is -4.02. The number of pyridine rings is 1. The summed E-state index contributed by atoms with van der Waals surface area (Å²) in [6.45, 7) is -0.827. The van der Waals surface area contributed by atoms with Crippen LogP contribution in [-0.4, -0.2) is 36.9 Å². The number of carbonyl (C=O) groups is 2. The smallest absolute Gasteiger partial charge is 0.417 e. The van der Waals surface area contributed by atoms with Gasteiger partial charge in [0.15, 0.2) is 0 Å². The van der Waals surface area contributed by atoms with Gasteiger partial charge in [-0.3, -0.25) is 14.3 Å². The number of alkyl halides is 3. The summed E-state index contributed by atoms with van der Waals surface area (Å²) in [5.41, 5.74) is -0.0713. The number of rotatable bonds is 6. The standard InChI is InChI=1S/C21H16ClF3N4O3.C7H8O3S/c1-26-19(30)18-11-15(8-9-27-18)32-14-5-2-12(3-6-14)28-20(31)29-13-4-7-17(22)16(10-13)21(23,24)25;1-6-2-4-7(5-3-6)11(8,9)10/h2-11H,1H3,(H,26,30)(H2,28,29,31);2-5H,1H3,(H,8,9,10)/i1D3;. The van der Waals surface area contributed by atoms with Crippen molar-refractivity contribution in [3.63, 3.8) is 0 Å². The average molecular weight is 640 g/mol. The number of nitrogens with zero attached hydrogens (tertiary/aromatic N) is 1. The summed E-state index contributed by atoms with van der Waals surface area (Å²) in [4.78, 5) is 27.8. The van der Waals surface area contributed by atoms with Gasteiger partial charge in [-0.25, -0.2) is 4.79 Å². The van der Waals surface area contributed by atoms with Crippen LogP contribution in [0.5, 0.6) is 11.5 Å². The Morgan fingerprint density at radius 2 is 1.56 bits per heavy atom. The number of aryl methyl sites for hydroxylation is 1. The molecular formula is C28H24ClF3N4O6S. The van der Waals surface area contributed by atoms with E-state index < -0.39 is 45.8 Å². The lowest BCUT2D eigenvalue weighted by Crippen LogP contribution is -2.19. The van der Waals surface area contributed by atoms with Crippen molar-refractivity contribution in [2.24, 2.45) is 0 Å². The molecule has 0 aliphatic heterocycles. The highest BCUT2D eigenvalue weighted by Gasteiger charge is 2.33. The van der Waals surface area contributed by atoms with Crippen LogP contribution in [0.3, 0.4) is 0 Å². The average Bonchev–Trinajstić information content (AvgIpc) is 2.94. The van der Waals surface area contributed by atoms with Crippen molar-refractivity contribution in [1.82, 2.24) is 10.3 Å². The zero-order chi connectivity index (χ0) is 34.3. The minimum absolute atomic E-state index is 0.0666. The number of carbonyl (C=O) groups excluding carboxylic acids is 2. The molecule has 4 N–H and O–H groups in total. The van der Waals surface area contributed by atoms with Crippen LogP contribution in [-0.2, 0) is 16.3 Å². The molecule has 15 heteroatoms. The number of benzene rings is 3. The van der Waals surface area contributed by atoms with Gasteiger partial charge in [-0.2, -0.15) is 21.6 Å². The van der Waals surface area contributed by atoms with E-state index in [1.807, 2.05) is 12.2 Å². The van der Waals surface area contributed by atoms with Crippen LogP contribution < -0.4 is 20.7 Å². The maximum Gasteiger partial charge on any atom is 0.417 e. The molecule has 3 amide bonds. The summed E-state index contributed by atoms with van der Waals surface area (Å²) >= 11 is 5.56. The molecule has 4 aromatic rings. The predicted octanol–water partition coefficient (Wildman–Crippen LogP) is 6.79. The van der Waals surface area contributed by atoms with Crippen molar-refractivity contribution in [2.75, 3.05) is 17.6 Å². The Kier molecular flexibility index (Phi) is 9.27. The Morgan fingerprint density at radius 3 is 2.16 bits per heavy atom. The van der Waals surface area contributed by atoms with Crippen LogP contribution >= 0.6 is 11.6 Å². The van der Waals surface area contributed by atoms with Gasteiger partial charge in [0.2, 0.25) is 0 Å². The number of nitrogens with one attached hydrogen (secondary N) is 3. The van der Waals surface area contributed by atoms with E-state index in [1.165, 1.54) is 60.8 Å². The zero-order valence-electron chi connectivity index (χ0n) is 24.9. The number of hydrogen-bond acceptors (Lipinski definition) is 6. The molecule has 1 heterocycles. The van der Waals surface area contributed by atoms with Crippen LogP contribution in [0.2, 0.25) is 5.02 Å². The first-order valence-electron chi connectivity index (χ1n) is 13.4.